The summed E-state index contributed by atoms with van der Waals surface area (Å²) in [5.41, 5.74) is 2.65. The second kappa shape index (κ2) is 9.52. The van der Waals surface area contributed by atoms with E-state index in [0.29, 0.717) is 0 Å². The van der Waals surface area contributed by atoms with Crippen LogP contribution in [0.3, 0.4) is 0 Å². The molecule has 24 heavy (non-hydrogen) atoms. The molecular weight excluding hydrogens is 298 g/mol. The molecule has 0 unspecified atom stereocenters. The second-order valence-corrected chi connectivity index (χ2v) is 5.04. The maximum absolute atomic E-state index is 7.43. The molecule has 0 bridgehead atoms. The van der Waals surface area contributed by atoms with Crippen LogP contribution in [0.4, 0.5) is 0 Å². The van der Waals surface area contributed by atoms with Crippen molar-refractivity contribution in [2.45, 2.75) is 13.1 Å². The van der Waals surface area contributed by atoms with Crippen molar-refractivity contribution in [3.8, 4) is 6.19 Å². The summed E-state index contributed by atoms with van der Waals surface area (Å²) < 4.78 is 4.41. The molecule has 0 amide bonds. The van der Waals surface area contributed by atoms with E-state index in [1.807, 2.05) is 0 Å². The van der Waals surface area contributed by atoms with Gasteiger partial charge in [-0.15, -0.1) is 6.01 Å². The van der Waals surface area contributed by atoms with Gasteiger partial charge in [-0.25, -0.2) is 9.13 Å². The number of nitrogens with zero attached hydrogens (tertiary/aromatic N) is 5. The van der Waals surface area contributed by atoms with E-state index >= 15 is 0 Å². The topological polar surface area (TPSA) is 67.3 Å². The fourth-order valence-electron chi connectivity index (χ4n) is 2.24. The fourth-order valence-corrected chi connectivity index (χ4v) is 2.24. The van der Waals surface area contributed by atoms with Crippen LogP contribution in [0.1, 0.15) is 11.1 Å². The lowest BCUT2D eigenvalue weighted by Crippen LogP contribution is -2.31. The van der Waals surface area contributed by atoms with E-state index in [1.165, 1.54) is 23.3 Å². The van der Waals surface area contributed by atoms with Crippen LogP contribution in [-0.4, -0.2) is 10.6 Å². The van der Waals surface area contributed by atoms with Gasteiger partial charge in [0.1, 0.15) is 25.5 Å². The molecule has 3 aromatic rings. The lowest BCUT2D eigenvalue weighted by atomic mass is 10.2. The summed E-state index contributed by atoms with van der Waals surface area (Å²) in [4.78, 5) is 2.58. The van der Waals surface area contributed by atoms with Gasteiger partial charge < -0.3 is 10.4 Å². The van der Waals surface area contributed by atoms with Crippen molar-refractivity contribution in [2.24, 2.45) is 4.99 Å². The first kappa shape index (κ1) is 16.9. The van der Waals surface area contributed by atoms with Crippen molar-refractivity contribution < 1.29 is 4.57 Å². The maximum atomic E-state index is 7.43. The summed E-state index contributed by atoms with van der Waals surface area (Å²) in [5, 5.41) is 14.9. The lowest BCUT2D eigenvalue weighted by molar-refractivity contribution is -0.687. The molecule has 118 valence electrons. The zero-order chi connectivity index (χ0) is 17.0. The molecule has 1 heterocycles. The van der Waals surface area contributed by atoms with E-state index in [9.17, 15) is 0 Å². The van der Waals surface area contributed by atoms with E-state index in [-0.39, 0.29) is 0 Å². The first-order valence-corrected chi connectivity index (χ1v) is 7.42. The minimum Gasteiger partial charge on any atom is -0.422 e. The van der Waals surface area contributed by atoms with Crippen LogP contribution < -0.4 is 4.57 Å². The summed E-state index contributed by atoms with van der Waals surface area (Å²) in [6, 6.07) is 22.3. The number of rotatable bonds is 4. The summed E-state index contributed by atoms with van der Waals surface area (Å²) in [7, 11) is 0. The third-order valence-electron chi connectivity index (χ3n) is 3.26. The quantitative estimate of drug-likeness (QED) is 0.414. The zero-order valence-corrected chi connectivity index (χ0v) is 13.2. The smallest absolute Gasteiger partial charge is 0.244 e. The molecule has 0 spiro atoms. The van der Waals surface area contributed by atoms with E-state index in [2.05, 4.69) is 93.5 Å². The average molecular weight is 315 g/mol. The van der Waals surface area contributed by atoms with Crippen LogP contribution in [0.25, 0.3) is 5.41 Å². The van der Waals surface area contributed by atoms with Crippen LogP contribution >= 0.6 is 0 Å². The molecule has 0 aliphatic rings. The predicted molar refractivity (Wildman–Crippen MR) is 92.1 cm³/mol. The molecule has 0 N–H and O–H groups in total. The van der Waals surface area contributed by atoms with E-state index in [0.717, 1.165) is 13.1 Å². The molecule has 0 saturated carbocycles. The molecule has 0 fully saturated rings. The van der Waals surface area contributed by atoms with Crippen LogP contribution in [-0.2, 0) is 13.1 Å². The Balaban J connectivity index is 0.000000368. The highest BCUT2D eigenvalue weighted by Crippen LogP contribution is 2.02. The van der Waals surface area contributed by atoms with Crippen molar-refractivity contribution in [3.05, 3.63) is 95.9 Å². The Hall–Kier alpha value is -3.48. The second-order valence-electron chi connectivity index (χ2n) is 5.04. The molecule has 0 aliphatic heterocycles. The van der Waals surface area contributed by atoms with Crippen molar-refractivity contribution in [3.63, 3.8) is 0 Å². The number of imidazole rings is 1. The number of nitriles is 1. The Morgan fingerprint density at radius 1 is 1.00 bits per heavy atom. The predicted octanol–water partition coefficient (Wildman–Crippen LogP) is 3.08. The van der Waals surface area contributed by atoms with E-state index in [1.54, 1.807) is 0 Å². The van der Waals surface area contributed by atoms with Crippen LogP contribution in [0.5, 0.6) is 0 Å². The highest BCUT2D eigenvalue weighted by molar-refractivity contribution is 5.46. The van der Waals surface area contributed by atoms with Gasteiger partial charge in [0, 0.05) is 0 Å². The highest BCUT2D eigenvalue weighted by Gasteiger charge is 2.04. The standard InChI is InChI=1S/C17H17N2.C2N3/c1-3-7-16(8-4-1)13-18-11-12-19(15-18)14-17-9-5-2-6-10-17;3-1-5-2-4/h1-12,15H,13-14H2;/q+1;-1. The van der Waals surface area contributed by atoms with Crippen molar-refractivity contribution in [1.82, 2.24) is 4.57 Å². The van der Waals surface area contributed by atoms with Crippen LogP contribution in [0.2, 0.25) is 0 Å². The molecule has 3 rings (SSSR count). The van der Waals surface area contributed by atoms with Gasteiger partial charge >= 0.3 is 0 Å². The van der Waals surface area contributed by atoms with Gasteiger partial charge in [0.05, 0.1) is 6.19 Å². The molecule has 1 aromatic heterocycles. The molecule has 0 atom stereocenters. The number of aliphatic imine (C=N–C) groups is 1. The lowest BCUT2D eigenvalue weighted by Gasteiger charge is -1.98. The van der Waals surface area contributed by atoms with Gasteiger partial charge in [-0.1, -0.05) is 60.7 Å². The summed E-state index contributed by atoms with van der Waals surface area (Å²) >= 11 is 0. The van der Waals surface area contributed by atoms with Crippen LogP contribution in [0.15, 0.2) is 84.4 Å². The number of hydrogen-bond donors (Lipinski definition) is 0. The van der Waals surface area contributed by atoms with Gasteiger partial charge in [0.2, 0.25) is 6.33 Å². The van der Waals surface area contributed by atoms with Gasteiger partial charge in [-0.05, 0) is 11.1 Å². The summed E-state index contributed by atoms with van der Waals surface area (Å²) in [6.07, 6.45) is 7.68. The fraction of sp³-hybridized carbons (Fsp3) is 0.105. The molecule has 0 radical (unpaired) electrons. The van der Waals surface area contributed by atoms with Crippen molar-refractivity contribution in [2.75, 3.05) is 0 Å². The third-order valence-corrected chi connectivity index (χ3v) is 3.26. The number of benzene rings is 2. The normalized spacial score (nSPS) is 9.12. The van der Waals surface area contributed by atoms with Crippen molar-refractivity contribution >= 4 is 6.01 Å². The third kappa shape index (κ3) is 5.72. The summed E-state index contributed by atoms with van der Waals surface area (Å²) in [5.74, 6) is 0. The number of aromatic nitrogens is 2. The molecular formula is C19H17N5. The van der Waals surface area contributed by atoms with E-state index in [4.69, 9.17) is 10.7 Å². The first-order valence-electron chi connectivity index (χ1n) is 7.42. The van der Waals surface area contributed by atoms with Crippen molar-refractivity contribution in [1.29, 1.82) is 5.26 Å². The SMILES string of the molecule is N#CN=C=[N-].c1ccc(Cn2cc[n+](Cc3ccccc3)c2)cc1. The maximum Gasteiger partial charge on any atom is 0.244 e. The summed E-state index contributed by atoms with van der Waals surface area (Å²) in [6.45, 7) is 1.84. The molecule has 5 nitrogen and oxygen atoms in total. The highest BCUT2D eigenvalue weighted by atomic mass is 15.1. The first-order chi connectivity index (χ1) is 11.8. The average Bonchev–Trinajstić information content (AvgIpc) is 3.05. The largest absolute Gasteiger partial charge is 0.422 e. The molecule has 0 aliphatic carbocycles. The molecule has 2 aromatic carbocycles. The van der Waals surface area contributed by atoms with Gasteiger partial charge in [0.15, 0.2) is 0 Å². The minimum atomic E-state index is 0.919. The van der Waals surface area contributed by atoms with Gasteiger partial charge in [-0.3, -0.25) is 0 Å². The Morgan fingerprint density at radius 3 is 2.17 bits per heavy atom. The Morgan fingerprint density at radius 2 is 1.62 bits per heavy atom. The van der Waals surface area contributed by atoms with Crippen LogP contribution in [0, 0.1) is 11.5 Å². The Labute approximate surface area is 141 Å². The Kier molecular flexibility index (Phi) is 6.70. The Bertz CT molecular complexity index is 769. The molecule has 0 saturated heterocycles. The molecule has 5 heteroatoms. The van der Waals surface area contributed by atoms with Gasteiger partial charge in [0.25, 0.3) is 0 Å². The monoisotopic (exact) mass is 315 g/mol. The van der Waals surface area contributed by atoms with Gasteiger partial charge in [-0.2, -0.15) is 5.26 Å². The zero-order valence-electron chi connectivity index (χ0n) is 13.2. The van der Waals surface area contributed by atoms with E-state index < -0.39 is 0 Å². The minimum absolute atomic E-state index is 0.919. The number of hydrogen-bond acceptors (Lipinski definition) is 2.